The molecule has 1 N–H and O–H groups in total. The number of aryl methyl sites for hydroxylation is 2. The summed E-state index contributed by atoms with van der Waals surface area (Å²) in [4.78, 5) is 9.00. The second-order valence-electron chi connectivity index (χ2n) is 5.75. The molecular formula is C20H22O3. The highest BCUT2D eigenvalue weighted by molar-refractivity contribution is 5.86. The molecule has 0 unspecified atom stereocenters. The zero-order valence-electron chi connectivity index (χ0n) is 14.0. The monoisotopic (exact) mass is 310 g/mol. The van der Waals surface area contributed by atoms with Crippen LogP contribution in [0.1, 0.15) is 34.7 Å². The molecule has 1 aliphatic rings. The standard InChI is InChI=1S/C18H18O.C2H4O2/c1-12-8-16(9-13(2)14(12)3)17-10-15-6-4-5-7-18(15)19-11-17;1-2(3)4/h4-10H,11H2,1-3H3;1H3,(H,3,4). The number of carboxylic acids is 1. The summed E-state index contributed by atoms with van der Waals surface area (Å²) in [7, 11) is 0. The minimum absolute atomic E-state index is 0.652. The molecule has 0 spiro atoms. The smallest absolute Gasteiger partial charge is 0.300 e. The van der Waals surface area contributed by atoms with Gasteiger partial charge in [-0.1, -0.05) is 30.3 Å². The van der Waals surface area contributed by atoms with Crippen LogP contribution >= 0.6 is 0 Å². The predicted octanol–water partition coefficient (Wildman–Crippen LogP) is 4.64. The fourth-order valence-electron chi connectivity index (χ4n) is 2.50. The number of carbonyl (C=O) groups is 1. The van der Waals surface area contributed by atoms with E-state index in [1.165, 1.54) is 33.4 Å². The number of hydrogen-bond donors (Lipinski definition) is 1. The fraction of sp³-hybridized carbons (Fsp3) is 0.250. The van der Waals surface area contributed by atoms with Crippen LogP contribution in [0.4, 0.5) is 0 Å². The number of aliphatic carboxylic acids is 1. The molecule has 0 fully saturated rings. The van der Waals surface area contributed by atoms with E-state index >= 15 is 0 Å². The van der Waals surface area contributed by atoms with Gasteiger partial charge in [0.2, 0.25) is 0 Å². The van der Waals surface area contributed by atoms with E-state index < -0.39 is 5.97 Å². The Balaban J connectivity index is 0.000000433. The molecule has 0 saturated carbocycles. The molecule has 0 atom stereocenters. The Hall–Kier alpha value is -2.55. The number of para-hydroxylation sites is 1. The SMILES string of the molecule is CC(=O)O.Cc1cc(C2=Cc3ccccc3OC2)cc(C)c1C. The Bertz CT molecular complexity index is 730. The molecule has 1 aliphatic heterocycles. The molecule has 23 heavy (non-hydrogen) atoms. The number of carboxylic acid groups (broad SMARTS) is 1. The largest absolute Gasteiger partial charge is 0.488 e. The third-order valence-electron chi connectivity index (χ3n) is 3.93. The number of fused-ring (bicyclic) bond motifs is 1. The molecule has 1 heterocycles. The lowest BCUT2D eigenvalue weighted by Crippen LogP contribution is -2.07. The Morgan fingerprint density at radius 2 is 1.65 bits per heavy atom. The molecule has 2 aromatic rings. The molecule has 2 aromatic carbocycles. The molecule has 0 radical (unpaired) electrons. The summed E-state index contributed by atoms with van der Waals surface area (Å²) in [6.45, 7) is 8.25. The topological polar surface area (TPSA) is 46.5 Å². The maximum Gasteiger partial charge on any atom is 0.300 e. The van der Waals surface area contributed by atoms with Gasteiger partial charge in [-0.2, -0.15) is 0 Å². The summed E-state index contributed by atoms with van der Waals surface area (Å²) in [5, 5.41) is 7.42. The van der Waals surface area contributed by atoms with Crippen LogP contribution in [-0.2, 0) is 4.79 Å². The van der Waals surface area contributed by atoms with E-state index in [4.69, 9.17) is 14.6 Å². The molecule has 0 saturated heterocycles. The second-order valence-corrected chi connectivity index (χ2v) is 5.75. The van der Waals surface area contributed by atoms with Crippen LogP contribution in [0.25, 0.3) is 11.6 Å². The van der Waals surface area contributed by atoms with Crippen molar-refractivity contribution >= 4 is 17.6 Å². The Morgan fingerprint density at radius 3 is 2.26 bits per heavy atom. The van der Waals surface area contributed by atoms with E-state index in [0.717, 1.165) is 12.7 Å². The molecule has 0 aromatic heterocycles. The van der Waals surface area contributed by atoms with Crippen LogP contribution in [-0.4, -0.2) is 17.7 Å². The minimum atomic E-state index is -0.833. The lowest BCUT2D eigenvalue weighted by atomic mass is 9.94. The third-order valence-corrected chi connectivity index (χ3v) is 3.93. The van der Waals surface area contributed by atoms with E-state index in [9.17, 15) is 0 Å². The van der Waals surface area contributed by atoms with Crippen LogP contribution < -0.4 is 4.74 Å². The number of benzene rings is 2. The van der Waals surface area contributed by atoms with Crippen LogP contribution in [0.15, 0.2) is 36.4 Å². The number of ether oxygens (including phenoxy) is 1. The second kappa shape index (κ2) is 7.14. The van der Waals surface area contributed by atoms with Gasteiger partial charge in [-0.25, -0.2) is 0 Å². The molecule has 120 valence electrons. The fourth-order valence-corrected chi connectivity index (χ4v) is 2.50. The van der Waals surface area contributed by atoms with Gasteiger partial charge in [-0.3, -0.25) is 4.79 Å². The van der Waals surface area contributed by atoms with Gasteiger partial charge in [-0.05, 0) is 60.7 Å². The van der Waals surface area contributed by atoms with E-state index in [0.29, 0.717) is 6.61 Å². The van der Waals surface area contributed by atoms with Crippen LogP contribution in [0.3, 0.4) is 0 Å². The van der Waals surface area contributed by atoms with Gasteiger partial charge in [0.1, 0.15) is 12.4 Å². The van der Waals surface area contributed by atoms with E-state index in [2.05, 4.69) is 45.0 Å². The van der Waals surface area contributed by atoms with Crippen molar-refractivity contribution in [3.05, 3.63) is 64.2 Å². The minimum Gasteiger partial charge on any atom is -0.488 e. The van der Waals surface area contributed by atoms with Crippen LogP contribution in [0, 0.1) is 20.8 Å². The highest BCUT2D eigenvalue weighted by Gasteiger charge is 2.13. The van der Waals surface area contributed by atoms with Crippen molar-refractivity contribution in [1.29, 1.82) is 0 Å². The van der Waals surface area contributed by atoms with Crippen molar-refractivity contribution in [3.8, 4) is 5.75 Å². The average Bonchev–Trinajstić information content (AvgIpc) is 2.51. The van der Waals surface area contributed by atoms with Crippen molar-refractivity contribution in [1.82, 2.24) is 0 Å². The van der Waals surface area contributed by atoms with Gasteiger partial charge in [0.15, 0.2) is 0 Å². The first-order valence-corrected chi connectivity index (χ1v) is 7.58. The first kappa shape index (κ1) is 16.8. The summed E-state index contributed by atoms with van der Waals surface area (Å²) >= 11 is 0. The van der Waals surface area contributed by atoms with E-state index in [1.807, 2.05) is 18.2 Å². The summed E-state index contributed by atoms with van der Waals surface area (Å²) in [5.41, 5.74) is 7.76. The van der Waals surface area contributed by atoms with Crippen LogP contribution in [0.2, 0.25) is 0 Å². The highest BCUT2D eigenvalue weighted by atomic mass is 16.5. The van der Waals surface area contributed by atoms with Gasteiger partial charge in [0, 0.05) is 12.5 Å². The number of hydrogen-bond acceptors (Lipinski definition) is 2. The van der Waals surface area contributed by atoms with Gasteiger partial charge in [0.25, 0.3) is 5.97 Å². The highest BCUT2D eigenvalue weighted by Crippen LogP contribution is 2.31. The van der Waals surface area contributed by atoms with Gasteiger partial charge < -0.3 is 9.84 Å². The molecule has 0 amide bonds. The first-order valence-electron chi connectivity index (χ1n) is 7.58. The first-order chi connectivity index (χ1) is 10.9. The van der Waals surface area contributed by atoms with Gasteiger partial charge in [0.05, 0.1) is 0 Å². The quantitative estimate of drug-likeness (QED) is 0.835. The van der Waals surface area contributed by atoms with Crippen molar-refractivity contribution < 1.29 is 14.6 Å². The van der Waals surface area contributed by atoms with Crippen LogP contribution in [0.5, 0.6) is 5.75 Å². The lowest BCUT2D eigenvalue weighted by molar-refractivity contribution is -0.134. The Morgan fingerprint density at radius 1 is 1.09 bits per heavy atom. The van der Waals surface area contributed by atoms with Crippen molar-refractivity contribution in [2.75, 3.05) is 6.61 Å². The zero-order chi connectivity index (χ0) is 17.0. The van der Waals surface area contributed by atoms with Gasteiger partial charge in [-0.15, -0.1) is 0 Å². The molecule has 0 aliphatic carbocycles. The van der Waals surface area contributed by atoms with Crippen molar-refractivity contribution in [3.63, 3.8) is 0 Å². The summed E-state index contributed by atoms with van der Waals surface area (Å²) in [5.74, 6) is 0.145. The summed E-state index contributed by atoms with van der Waals surface area (Å²) in [6, 6.07) is 12.7. The van der Waals surface area contributed by atoms with Crippen molar-refractivity contribution in [2.45, 2.75) is 27.7 Å². The molecule has 3 nitrogen and oxygen atoms in total. The lowest BCUT2D eigenvalue weighted by Gasteiger charge is -2.19. The maximum absolute atomic E-state index is 9.00. The normalized spacial score (nSPS) is 12.3. The van der Waals surface area contributed by atoms with E-state index in [1.54, 1.807) is 0 Å². The maximum atomic E-state index is 9.00. The summed E-state index contributed by atoms with van der Waals surface area (Å²) in [6.07, 6.45) is 2.24. The van der Waals surface area contributed by atoms with Gasteiger partial charge >= 0.3 is 0 Å². The zero-order valence-corrected chi connectivity index (χ0v) is 14.0. The average molecular weight is 310 g/mol. The molecule has 3 rings (SSSR count). The number of rotatable bonds is 1. The van der Waals surface area contributed by atoms with E-state index in [-0.39, 0.29) is 0 Å². The summed E-state index contributed by atoms with van der Waals surface area (Å²) < 4.78 is 5.83. The Labute approximate surface area is 137 Å². The third kappa shape index (κ3) is 4.22. The molecular weight excluding hydrogens is 288 g/mol. The molecule has 3 heteroatoms. The molecule has 0 bridgehead atoms. The van der Waals surface area contributed by atoms with Crippen molar-refractivity contribution in [2.24, 2.45) is 0 Å². The Kier molecular flexibility index (Phi) is 5.22. The predicted molar refractivity (Wildman–Crippen MR) is 93.8 cm³/mol.